The Morgan fingerprint density at radius 3 is 1.62 bits per heavy atom. The van der Waals surface area contributed by atoms with Crippen molar-refractivity contribution in [3.63, 3.8) is 0 Å². The van der Waals surface area contributed by atoms with Gasteiger partial charge in [0.1, 0.15) is 0 Å². The average Bonchev–Trinajstić information content (AvgIpc) is 1.72. The molecule has 0 saturated carbocycles. The van der Waals surface area contributed by atoms with Crippen LogP contribution in [0.2, 0.25) is 0 Å². The van der Waals surface area contributed by atoms with Gasteiger partial charge < -0.3 is 0 Å². The molecule has 0 radical (unpaired) electrons. The highest BCUT2D eigenvalue weighted by molar-refractivity contribution is 4.24. The van der Waals surface area contributed by atoms with Gasteiger partial charge in [-0.25, -0.2) is 0 Å². The van der Waals surface area contributed by atoms with E-state index in [-0.39, 0.29) is 0 Å². The van der Waals surface area contributed by atoms with Gasteiger partial charge in [0, 0.05) is 20.6 Å². The van der Waals surface area contributed by atoms with Crippen LogP contribution in [-0.4, -0.2) is 25.6 Å². The van der Waals surface area contributed by atoms with Crippen LogP contribution in [0.5, 0.6) is 0 Å². The second kappa shape index (κ2) is 10.0. The Hall–Kier alpha value is -0.0800. The summed E-state index contributed by atoms with van der Waals surface area (Å²) in [6, 6.07) is 0. The van der Waals surface area contributed by atoms with Gasteiger partial charge in [-0.15, -0.1) is 0 Å². The van der Waals surface area contributed by atoms with Gasteiger partial charge in [-0.1, -0.05) is 20.8 Å². The fraction of sp³-hybridized carbons (Fsp3) is 1.00. The summed E-state index contributed by atoms with van der Waals surface area (Å²) in [5.74, 6) is 0. The van der Waals surface area contributed by atoms with Crippen molar-refractivity contribution in [3.05, 3.63) is 0 Å². The van der Waals surface area contributed by atoms with E-state index in [4.69, 9.17) is 0 Å². The van der Waals surface area contributed by atoms with Crippen LogP contribution in [0.25, 0.3) is 0 Å². The smallest absolute Gasteiger partial charge is 0.00735 e. The second-order valence-corrected chi connectivity index (χ2v) is 1.41. The molecule has 0 atom stereocenters. The van der Waals surface area contributed by atoms with E-state index in [0.717, 1.165) is 6.54 Å². The lowest BCUT2D eigenvalue weighted by molar-refractivity contribution is 0.299. The molecule has 2 heteroatoms. The van der Waals surface area contributed by atoms with Crippen molar-refractivity contribution >= 4 is 0 Å². The Morgan fingerprint density at radius 1 is 1.25 bits per heavy atom. The van der Waals surface area contributed by atoms with Crippen molar-refractivity contribution in [2.24, 2.45) is 0 Å². The lowest BCUT2D eigenvalue weighted by atomic mass is 10.8. The van der Waals surface area contributed by atoms with Gasteiger partial charge in [0.25, 0.3) is 0 Å². The van der Waals surface area contributed by atoms with Crippen LogP contribution in [0.4, 0.5) is 0 Å². The summed E-state index contributed by atoms with van der Waals surface area (Å²) in [6.07, 6.45) is 0. The standard InChI is InChI=1S/C4H12N2.C2H6/c1-4-5-6(2)3;1-2/h5H,4H2,1-3H3;1-2H3. The number of hydrazine groups is 1. The number of nitrogens with zero attached hydrogens (tertiary/aromatic N) is 1. The predicted octanol–water partition coefficient (Wildman–Crippen LogP) is 1.10. The summed E-state index contributed by atoms with van der Waals surface area (Å²) in [5.41, 5.74) is 3.04. The van der Waals surface area contributed by atoms with Gasteiger partial charge in [0.2, 0.25) is 0 Å². The first-order chi connectivity index (χ1) is 3.77. The molecule has 52 valence electrons. The molecule has 0 spiro atoms. The van der Waals surface area contributed by atoms with Gasteiger partial charge in [0.05, 0.1) is 0 Å². The van der Waals surface area contributed by atoms with E-state index in [1.165, 1.54) is 0 Å². The van der Waals surface area contributed by atoms with Crippen molar-refractivity contribution in [2.45, 2.75) is 20.8 Å². The number of nitrogens with one attached hydrogen (secondary N) is 1. The quantitative estimate of drug-likeness (QED) is 0.546. The van der Waals surface area contributed by atoms with Crippen LogP contribution in [0.1, 0.15) is 20.8 Å². The van der Waals surface area contributed by atoms with Crippen LogP contribution in [-0.2, 0) is 0 Å². The minimum absolute atomic E-state index is 1.01. The summed E-state index contributed by atoms with van der Waals surface area (Å²) in [6.45, 7) is 7.08. The molecule has 0 aromatic heterocycles. The Balaban J connectivity index is 0. The molecule has 0 heterocycles. The minimum atomic E-state index is 1.01. The topological polar surface area (TPSA) is 15.3 Å². The van der Waals surface area contributed by atoms with Gasteiger partial charge >= 0.3 is 0 Å². The highest BCUT2D eigenvalue weighted by atomic mass is 15.5. The van der Waals surface area contributed by atoms with E-state index in [1.807, 2.05) is 33.0 Å². The molecule has 0 rings (SSSR count). The SMILES string of the molecule is CC.CCNN(C)C. The maximum atomic E-state index is 3.04. The maximum absolute atomic E-state index is 3.04. The summed E-state index contributed by atoms with van der Waals surface area (Å²) in [4.78, 5) is 0. The van der Waals surface area contributed by atoms with Gasteiger partial charge in [-0.2, -0.15) is 0 Å². The molecule has 1 N–H and O–H groups in total. The second-order valence-electron chi connectivity index (χ2n) is 1.41. The van der Waals surface area contributed by atoms with Gasteiger partial charge in [-0.3, -0.25) is 10.4 Å². The molecule has 0 aromatic rings. The number of hydrogen-bond donors (Lipinski definition) is 1. The summed E-state index contributed by atoms with van der Waals surface area (Å²) >= 11 is 0. The first-order valence-electron chi connectivity index (χ1n) is 3.18. The van der Waals surface area contributed by atoms with Crippen LogP contribution in [0, 0.1) is 0 Å². The zero-order chi connectivity index (χ0) is 6.99. The Bertz CT molecular complexity index is 27.7. The molecule has 8 heavy (non-hydrogen) atoms. The van der Waals surface area contributed by atoms with Crippen molar-refractivity contribution in [3.8, 4) is 0 Å². The van der Waals surface area contributed by atoms with Crippen molar-refractivity contribution in [2.75, 3.05) is 20.6 Å². The third-order valence-electron chi connectivity index (χ3n) is 0.474. The van der Waals surface area contributed by atoms with Crippen molar-refractivity contribution in [1.82, 2.24) is 10.4 Å². The molecule has 0 fully saturated rings. The first kappa shape index (κ1) is 10.8. The Labute approximate surface area is 52.8 Å². The molecule has 0 aliphatic carbocycles. The van der Waals surface area contributed by atoms with Gasteiger partial charge in [-0.05, 0) is 0 Å². The Kier molecular flexibility index (Phi) is 13.6. The van der Waals surface area contributed by atoms with Crippen LogP contribution >= 0.6 is 0 Å². The summed E-state index contributed by atoms with van der Waals surface area (Å²) < 4.78 is 0. The number of rotatable bonds is 2. The molecule has 0 amide bonds. The van der Waals surface area contributed by atoms with E-state index in [1.54, 1.807) is 0 Å². The summed E-state index contributed by atoms with van der Waals surface area (Å²) in [7, 11) is 3.95. The molecule has 0 bridgehead atoms. The molecular weight excluding hydrogens is 100 g/mol. The normalized spacial score (nSPS) is 8.25. The van der Waals surface area contributed by atoms with Crippen LogP contribution in [0.3, 0.4) is 0 Å². The molecule has 0 unspecified atom stereocenters. The molecular formula is C6H18N2. The Morgan fingerprint density at radius 2 is 1.62 bits per heavy atom. The van der Waals surface area contributed by atoms with E-state index in [0.29, 0.717) is 0 Å². The first-order valence-corrected chi connectivity index (χ1v) is 3.18. The van der Waals surface area contributed by atoms with Crippen molar-refractivity contribution in [1.29, 1.82) is 0 Å². The summed E-state index contributed by atoms with van der Waals surface area (Å²) in [5, 5.41) is 1.93. The predicted molar refractivity (Wildman–Crippen MR) is 38.7 cm³/mol. The van der Waals surface area contributed by atoms with E-state index < -0.39 is 0 Å². The highest BCUT2D eigenvalue weighted by Gasteiger charge is 1.75. The average molecular weight is 118 g/mol. The third-order valence-corrected chi connectivity index (χ3v) is 0.474. The third kappa shape index (κ3) is 16.8. The largest absolute Gasteiger partial charge is 0.256 e. The maximum Gasteiger partial charge on any atom is 0.00735 e. The van der Waals surface area contributed by atoms with Crippen molar-refractivity contribution < 1.29 is 0 Å². The molecule has 0 saturated heterocycles. The zero-order valence-electron chi connectivity index (χ0n) is 6.65. The van der Waals surface area contributed by atoms with Crippen LogP contribution in [0.15, 0.2) is 0 Å². The molecule has 2 nitrogen and oxygen atoms in total. The monoisotopic (exact) mass is 118 g/mol. The minimum Gasteiger partial charge on any atom is -0.256 e. The molecule has 0 aliphatic rings. The molecule has 0 aliphatic heterocycles. The molecule has 0 aromatic carbocycles. The van der Waals surface area contributed by atoms with E-state index in [9.17, 15) is 0 Å². The fourth-order valence-corrected chi connectivity index (χ4v) is 0.316. The van der Waals surface area contributed by atoms with Crippen LogP contribution < -0.4 is 5.43 Å². The van der Waals surface area contributed by atoms with Gasteiger partial charge in [0.15, 0.2) is 0 Å². The van der Waals surface area contributed by atoms with E-state index >= 15 is 0 Å². The highest BCUT2D eigenvalue weighted by Crippen LogP contribution is 1.57. The lowest BCUT2D eigenvalue weighted by Gasteiger charge is -2.07. The number of hydrogen-bond acceptors (Lipinski definition) is 2. The lowest BCUT2D eigenvalue weighted by Crippen LogP contribution is -2.29. The van der Waals surface area contributed by atoms with E-state index in [2.05, 4.69) is 12.3 Å². The zero-order valence-corrected chi connectivity index (χ0v) is 6.65. The fourth-order valence-electron chi connectivity index (χ4n) is 0.316.